The molecule has 0 spiro atoms. The molecule has 2 fully saturated rings. The van der Waals surface area contributed by atoms with Crippen molar-refractivity contribution in [1.82, 2.24) is 10.2 Å². The summed E-state index contributed by atoms with van der Waals surface area (Å²) in [6, 6.07) is 0. The van der Waals surface area contributed by atoms with Crippen LogP contribution in [0.1, 0.15) is 0 Å². The molecule has 0 aromatic heterocycles. The van der Waals surface area contributed by atoms with E-state index in [0.717, 1.165) is 26.2 Å². The molecule has 2 N–H and O–H groups in total. The minimum atomic E-state index is 0.189. The number of nitrogens with zero attached hydrogens (tertiary/aromatic N) is 1. The van der Waals surface area contributed by atoms with Crippen molar-refractivity contribution in [3.63, 3.8) is 0 Å². The van der Waals surface area contributed by atoms with Gasteiger partial charge in [0.2, 0.25) is 0 Å². The number of aliphatic hydroxyl groups excluding tert-OH is 1. The standard InChI is InChI=1S/C8H16N2O/c1-10-3-7-2-9-4-8(7,5-10)6-11/h7,9,11H,2-6H2,1H3/t7-,8+/m0/s1. The van der Waals surface area contributed by atoms with E-state index in [2.05, 4.69) is 17.3 Å². The molecule has 2 heterocycles. The first-order valence-electron chi connectivity index (χ1n) is 4.27. The van der Waals surface area contributed by atoms with Gasteiger partial charge in [-0.05, 0) is 19.5 Å². The number of fused-ring (bicyclic) bond motifs is 1. The second-order valence-electron chi connectivity index (χ2n) is 4.05. The lowest BCUT2D eigenvalue weighted by molar-refractivity contribution is 0.127. The number of hydrogen-bond acceptors (Lipinski definition) is 3. The Balaban J connectivity index is 2.15. The molecule has 0 aromatic rings. The summed E-state index contributed by atoms with van der Waals surface area (Å²) in [5.74, 6) is 0.678. The molecule has 0 radical (unpaired) electrons. The van der Waals surface area contributed by atoms with E-state index >= 15 is 0 Å². The van der Waals surface area contributed by atoms with Crippen LogP contribution in [0, 0.1) is 11.3 Å². The Labute approximate surface area is 67.4 Å². The van der Waals surface area contributed by atoms with Gasteiger partial charge in [0.15, 0.2) is 0 Å². The Kier molecular flexibility index (Phi) is 1.67. The van der Waals surface area contributed by atoms with Crippen molar-refractivity contribution in [3.8, 4) is 0 Å². The fourth-order valence-electron chi connectivity index (χ4n) is 2.51. The molecule has 0 bridgehead atoms. The monoisotopic (exact) mass is 156 g/mol. The van der Waals surface area contributed by atoms with Gasteiger partial charge >= 0.3 is 0 Å². The maximum Gasteiger partial charge on any atom is 0.0515 e. The Hall–Kier alpha value is -0.120. The van der Waals surface area contributed by atoms with Gasteiger partial charge in [-0.1, -0.05) is 0 Å². The largest absolute Gasteiger partial charge is 0.396 e. The number of likely N-dealkylation sites (tertiary alicyclic amines) is 1. The van der Waals surface area contributed by atoms with E-state index in [1.165, 1.54) is 0 Å². The van der Waals surface area contributed by atoms with Crippen LogP contribution in [0.4, 0.5) is 0 Å². The Bertz CT molecular complexity index is 162. The SMILES string of the molecule is CN1C[C@@H]2CNC[C@]2(CO)C1. The molecule has 2 aliphatic rings. The number of aliphatic hydroxyl groups is 1. The van der Waals surface area contributed by atoms with Gasteiger partial charge in [0.25, 0.3) is 0 Å². The maximum absolute atomic E-state index is 9.28. The summed E-state index contributed by atoms with van der Waals surface area (Å²) in [4.78, 5) is 2.32. The lowest BCUT2D eigenvalue weighted by atomic mass is 9.82. The van der Waals surface area contributed by atoms with E-state index in [1.807, 2.05) is 0 Å². The summed E-state index contributed by atoms with van der Waals surface area (Å²) >= 11 is 0. The van der Waals surface area contributed by atoms with Gasteiger partial charge in [0.1, 0.15) is 0 Å². The Morgan fingerprint density at radius 1 is 1.73 bits per heavy atom. The Morgan fingerprint density at radius 3 is 3.18 bits per heavy atom. The first-order chi connectivity index (χ1) is 5.27. The van der Waals surface area contributed by atoms with Gasteiger partial charge in [0, 0.05) is 25.0 Å². The molecule has 0 amide bonds. The molecule has 0 aromatic carbocycles. The zero-order chi connectivity index (χ0) is 7.90. The van der Waals surface area contributed by atoms with Crippen LogP contribution in [0.3, 0.4) is 0 Å². The van der Waals surface area contributed by atoms with Crippen LogP contribution in [0.5, 0.6) is 0 Å². The second kappa shape index (κ2) is 2.44. The first-order valence-corrected chi connectivity index (χ1v) is 4.27. The van der Waals surface area contributed by atoms with Gasteiger partial charge in [-0.3, -0.25) is 0 Å². The number of hydrogen-bond donors (Lipinski definition) is 2. The highest BCUT2D eigenvalue weighted by Crippen LogP contribution is 2.37. The molecule has 0 aliphatic carbocycles. The normalized spacial score (nSPS) is 44.7. The highest BCUT2D eigenvalue weighted by atomic mass is 16.3. The highest BCUT2D eigenvalue weighted by molar-refractivity contribution is 5.01. The molecule has 11 heavy (non-hydrogen) atoms. The summed E-state index contributed by atoms with van der Waals surface area (Å²) in [5, 5.41) is 12.6. The van der Waals surface area contributed by atoms with Crippen molar-refractivity contribution in [3.05, 3.63) is 0 Å². The van der Waals surface area contributed by atoms with Gasteiger partial charge in [-0.2, -0.15) is 0 Å². The first kappa shape index (κ1) is 7.53. The second-order valence-corrected chi connectivity index (χ2v) is 4.05. The van der Waals surface area contributed by atoms with Crippen LogP contribution in [0.2, 0.25) is 0 Å². The maximum atomic E-state index is 9.28. The molecule has 2 aliphatic heterocycles. The molecular formula is C8H16N2O. The number of rotatable bonds is 1. The predicted molar refractivity (Wildman–Crippen MR) is 43.4 cm³/mol. The van der Waals surface area contributed by atoms with Crippen LogP contribution in [-0.4, -0.2) is 49.8 Å². The minimum Gasteiger partial charge on any atom is -0.396 e. The minimum absolute atomic E-state index is 0.189. The van der Waals surface area contributed by atoms with Crippen LogP contribution in [-0.2, 0) is 0 Å². The zero-order valence-electron chi connectivity index (χ0n) is 7.01. The Morgan fingerprint density at radius 2 is 2.55 bits per heavy atom. The topological polar surface area (TPSA) is 35.5 Å². The molecule has 3 nitrogen and oxygen atoms in total. The number of nitrogens with one attached hydrogen (secondary N) is 1. The molecule has 2 saturated heterocycles. The van der Waals surface area contributed by atoms with E-state index < -0.39 is 0 Å². The lowest BCUT2D eigenvalue weighted by Gasteiger charge is -2.24. The van der Waals surface area contributed by atoms with Crippen molar-refractivity contribution in [2.75, 3.05) is 39.8 Å². The molecule has 0 saturated carbocycles. The average Bonchev–Trinajstić information content (AvgIpc) is 2.43. The molecule has 64 valence electrons. The highest BCUT2D eigenvalue weighted by Gasteiger charge is 2.47. The van der Waals surface area contributed by atoms with Crippen LogP contribution in [0.15, 0.2) is 0 Å². The van der Waals surface area contributed by atoms with Crippen molar-refractivity contribution < 1.29 is 5.11 Å². The summed E-state index contributed by atoms with van der Waals surface area (Å²) in [6.45, 7) is 4.63. The zero-order valence-corrected chi connectivity index (χ0v) is 7.01. The van der Waals surface area contributed by atoms with Crippen molar-refractivity contribution in [2.45, 2.75) is 0 Å². The molecular weight excluding hydrogens is 140 g/mol. The molecule has 0 unspecified atom stereocenters. The fraction of sp³-hybridized carbons (Fsp3) is 1.00. The third-order valence-electron chi connectivity index (χ3n) is 3.17. The van der Waals surface area contributed by atoms with E-state index in [4.69, 9.17) is 0 Å². The third kappa shape index (κ3) is 0.991. The predicted octanol–water partition coefficient (Wildman–Crippen LogP) is -0.870. The molecule has 3 heteroatoms. The average molecular weight is 156 g/mol. The lowest BCUT2D eigenvalue weighted by Crippen LogP contribution is -2.35. The third-order valence-corrected chi connectivity index (χ3v) is 3.17. The van der Waals surface area contributed by atoms with Crippen molar-refractivity contribution >= 4 is 0 Å². The van der Waals surface area contributed by atoms with E-state index in [0.29, 0.717) is 12.5 Å². The van der Waals surface area contributed by atoms with Crippen LogP contribution in [0.25, 0.3) is 0 Å². The molecule has 2 rings (SSSR count). The van der Waals surface area contributed by atoms with Gasteiger partial charge in [-0.25, -0.2) is 0 Å². The quantitative estimate of drug-likeness (QED) is 0.518. The smallest absolute Gasteiger partial charge is 0.0515 e. The van der Waals surface area contributed by atoms with E-state index in [9.17, 15) is 5.11 Å². The van der Waals surface area contributed by atoms with Crippen LogP contribution < -0.4 is 5.32 Å². The van der Waals surface area contributed by atoms with Gasteiger partial charge in [0.05, 0.1) is 6.61 Å². The summed E-state index contributed by atoms with van der Waals surface area (Å²) < 4.78 is 0. The van der Waals surface area contributed by atoms with Gasteiger partial charge < -0.3 is 15.3 Å². The fourth-order valence-corrected chi connectivity index (χ4v) is 2.51. The van der Waals surface area contributed by atoms with Gasteiger partial charge in [-0.15, -0.1) is 0 Å². The summed E-state index contributed by atoms with van der Waals surface area (Å²) in [5.41, 5.74) is 0.189. The summed E-state index contributed by atoms with van der Waals surface area (Å²) in [6.07, 6.45) is 0. The summed E-state index contributed by atoms with van der Waals surface area (Å²) in [7, 11) is 2.13. The van der Waals surface area contributed by atoms with Crippen LogP contribution >= 0.6 is 0 Å². The van der Waals surface area contributed by atoms with Crippen molar-refractivity contribution in [1.29, 1.82) is 0 Å². The van der Waals surface area contributed by atoms with Crippen molar-refractivity contribution in [2.24, 2.45) is 11.3 Å². The van der Waals surface area contributed by atoms with E-state index in [1.54, 1.807) is 0 Å². The molecule has 2 atom stereocenters. The van der Waals surface area contributed by atoms with E-state index in [-0.39, 0.29) is 5.41 Å².